The maximum atomic E-state index is 13.4. The Balaban J connectivity index is 2.12. The van der Waals surface area contributed by atoms with Gasteiger partial charge < -0.3 is 14.6 Å². The zero-order chi connectivity index (χ0) is 17.2. The van der Waals surface area contributed by atoms with Crippen LogP contribution in [-0.2, 0) is 22.0 Å². The fraction of sp³-hybridized carbons (Fsp3) is 0.533. The highest BCUT2D eigenvalue weighted by Gasteiger charge is 2.54. The normalized spacial score (nSPS) is 22.2. The molecule has 0 atom stereocenters. The molecule has 0 bridgehead atoms. The number of carbonyl (C=O) groups excluding carboxylic acids is 1. The van der Waals surface area contributed by atoms with E-state index in [0.29, 0.717) is 5.56 Å². The lowest BCUT2D eigenvalue weighted by atomic mass is 9.74. The van der Waals surface area contributed by atoms with Crippen LogP contribution in [0.25, 0.3) is 0 Å². The van der Waals surface area contributed by atoms with Crippen molar-refractivity contribution >= 4 is 18.5 Å². The molecule has 0 aromatic heterocycles. The first-order chi connectivity index (χ1) is 10.4. The van der Waals surface area contributed by atoms with Crippen LogP contribution in [0.1, 0.15) is 49.2 Å². The summed E-state index contributed by atoms with van der Waals surface area (Å²) in [6.45, 7) is 7.16. The highest BCUT2D eigenvalue weighted by Crippen LogP contribution is 2.38. The second kappa shape index (κ2) is 4.74. The molecule has 2 heterocycles. The van der Waals surface area contributed by atoms with Crippen molar-refractivity contribution in [3.8, 4) is 0 Å². The molecule has 0 saturated carbocycles. The number of rotatable bonds is 1. The molecule has 1 aromatic rings. The highest BCUT2D eigenvalue weighted by molar-refractivity contribution is 6.62. The van der Waals surface area contributed by atoms with Crippen LogP contribution in [0.15, 0.2) is 12.1 Å². The zero-order valence-corrected chi connectivity index (χ0v) is 13.3. The molecular formula is C15H17BF3NO3. The third kappa shape index (κ3) is 2.53. The molecular weight excluding hydrogens is 310 g/mol. The van der Waals surface area contributed by atoms with Crippen molar-refractivity contribution in [2.45, 2.75) is 51.6 Å². The molecule has 0 radical (unpaired) electrons. The van der Waals surface area contributed by atoms with E-state index in [0.717, 1.165) is 6.07 Å². The second-order valence-electron chi connectivity index (χ2n) is 6.87. The van der Waals surface area contributed by atoms with Crippen molar-refractivity contribution in [2.75, 3.05) is 0 Å². The summed E-state index contributed by atoms with van der Waals surface area (Å²) in [7, 11) is -1.17. The van der Waals surface area contributed by atoms with Crippen molar-refractivity contribution in [2.24, 2.45) is 0 Å². The molecule has 0 spiro atoms. The minimum absolute atomic E-state index is 0.0981. The molecule has 2 aliphatic heterocycles. The summed E-state index contributed by atoms with van der Waals surface area (Å²) in [6.07, 6.45) is -4.56. The van der Waals surface area contributed by atoms with Crippen LogP contribution in [0.5, 0.6) is 0 Å². The number of nitrogens with one attached hydrogen (secondary N) is 1. The van der Waals surface area contributed by atoms with Gasteiger partial charge in [0.15, 0.2) is 0 Å². The average Bonchev–Trinajstić information content (AvgIpc) is 2.85. The minimum atomic E-state index is -4.56. The lowest BCUT2D eigenvalue weighted by molar-refractivity contribution is -0.136. The average molecular weight is 327 g/mol. The van der Waals surface area contributed by atoms with E-state index in [1.54, 1.807) is 27.7 Å². The van der Waals surface area contributed by atoms with Gasteiger partial charge in [-0.3, -0.25) is 4.79 Å². The van der Waals surface area contributed by atoms with E-state index in [2.05, 4.69) is 5.32 Å². The van der Waals surface area contributed by atoms with Gasteiger partial charge in [0.2, 0.25) is 0 Å². The number of amides is 1. The maximum absolute atomic E-state index is 13.4. The number of hydrogen-bond acceptors (Lipinski definition) is 3. The molecule has 2 aliphatic rings. The Kier molecular flexibility index (Phi) is 3.36. The summed E-state index contributed by atoms with van der Waals surface area (Å²) in [5.74, 6) is -0.383. The SMILES string of the molecule is CC1(C)OB(c2cc3c(cc2C(F)(F)F)CNC3=O)OC1(C)C. The lowest BCUT2D eigenvalue weighted by Crippen LogP contribution is -2.41. The van der Waals surface area contributed by atoms with Crippen molar-refractivity contribution in [3.63, 3.8) is 0 Å². The van der Waals surface area contributed by atoms with E-state index >= 15 is 0 Å². The lowest BCUT2D eigenvalue weighted by Gasteiger charge is -2.32. The van der Waals surface area contributed by atoms with Gasteiger partial charge >= 0.3 is 13.3 Å². The van der Waals surface area contributed by atoms with Gasteiger partial charge in [-0.2, -0.15) is 13.2 Å². The fourth-order valence-corrected chi connectivity index (χ4v) is 2.70. The van der Waals surface area contributed by atoms with Gasteiger partial charge in [0.25, 0.3) is 5.91 Å². The van der Waals surface area contributed by atoms with Crippen LogP contribution in [-0.4, -0.2) is 24.2 Å². The molecule has 1 amide bonds. The second-order valence-corrected chi connectivity index (χ2v) is 6.87. The van der Waals surface area contributed by atoms with Crippen molar-refractivity contribution in [1.29, 1.82) is 0 Å². The number of halogens is 3. The molecule has 1 aromatic carbocycles. The molecule has 4 nitrogen and oxygen atoms in total. The topological polar surface area (TPSA) is 47.6 Å². The minimum Gasteiger partial charge on any atom is -0.399 e. The summed E-state index contributed by atoms with van der Waals surface area (Å²) >= 11 is 0. The zero-order valence-electron chi connectivity index (χ0n) is 13.3. The van der Waals surface area contributed by atoms with Gasteiger partial charge in [-0.15, -0.1) is 0 Å². The Morgan fingerprint density at radius 1 is 1.13 bits per heavy atom. The Labute approximate surface area is 132 Å². The quantitative estimate of drug-likeness (QED) is 0.805. The fourth-order valence-electron chi connectivity index (χ4n) is 2.70. The third-order valence-corrected chi connectivity index (χ3v) is 4.77. The number of alkyl halides is 3. The first-order valence-electron chi connectivity index (χ1n) is 7.30. The Bertz CT molecular complexity index is 669. The standard InChI is InChI=1S/C15H17BF3NO3/c1-13(2)14(3,4)23-16(22-13)11-6-9-8(7-20-12(9)21)5-10(11)15(17,18)19/h5-6H,7H2,1-4H3,(H,20,21). The van der Waals surface area contributed by atoms with Gasteiger partial charge in [-0.05, 0) is 50.9 Å². The van der Waals surface area contributed by atoms with Crippen LogP contribution in [0.3, 0.4) is 0 Å². The molecule has 124 valence electrons. The number of hydrogen-bond donors (Lipinski definition) is 1. The molecule has 1 N–H and O–H groups in total. The molecule has 8 heteroatoms. The largest absolute Gasteiger partial charge is 0.495 e. The smallest absolute Gasteiger partial charge is 0.399 e. The van der Waals surface area contributed by atoms with E-state index in [9.17, 15) is 18.0 Å². The predicted octanol–water partition coefficient (Wildman–Crippen LogP) is 2.25. The summed E-state index contributed by atoms with van der Waals surface area (Å²) in [4.78, 5) is 11.8. The number of carbonyl (C=O) groups is 1. The van der Waals surface area contributed by atoms with Gasteiger partial charge in [0.1, 0.15) is 0 Å². The van der Waals surface area contributed by atoms with E-state index in [4.69, 9.17) is 9.31 Å². The summed E-state index contributed by atoms with van der Waals surface area (Å²) in [6, 6.07) is 2.25. The number of benzene rings is 1. The maximum Gasteiger partial charge on any atom is 0.495 e. The van der Waals surface area contributed by atoms with Crippen LogP contribution in [0.2, 0.25) is 0 Å². The molecule has 23 heavy (non-hydrogen) atoms. The van der Waals surface area contributed by atoms with E-state index < -0.39 is 30.1 Å². The predicted molar refractivity (Wildman–Crippen MR) is 78.3 cm³/mol. The van der Waals surface area contributed by atoms with Gasteiger partial charge in [-0.1, -0.05) is 0 Å². The van der Waals surface area contributed by atoms with Crippen molar-refractivity contribution < 1.29 is 27.3 Å². The van der Waals surface area contributed by atoms with Crippen LogP contribution in [0.4, 0.5) is 13.2 Å². The Morgan fingerprint density at radius 3 is 2.22 bits per heavy atom. The Morgan fingerprint density at radius 2 is 1.70 bits per heavy atom. The third-order valence-electron chi connectivity index (χ3n) is 4.77. The van der Waals surface area contributed by atoms with Crippen LogP contribution < -0.4 is 10.8 Å². The molecule has 1 fully saturated rings. The first kappa shape index (κ1) is 16.3. The highest BCUT2D eigenvalue weighted by atomic mass is 19.4. The van der Waals surface area contributed by atoms with Gasteiger partial charge in [0.05, 0.1) is 16.8 Å². The molecule has 1 saturated heterocycles. The van der Waals surface area contributed by atoms with Gasteiger partial charge in [0, 0.05) is 12.1 Å². The van der Waals surface area contributed by atoms with Crippen molar-refractivity contribution in [3.05, 3.63) is 28.8 Å². The monoisotopic (exact) mass is 327 g/mol. The molecule has 3 rings (SSSR count). The van der Waals surface area contributed by atoms with E-state index in [-0.39, 0.29) is 23.5 Å². The van der Waals surface area contributed by atoms with Crippen molar-refractivity contribution in [1.82, 2.24) is 5.32 Å². The summed E-state index contributed by atoms with van der Waals surface area (Å²) < 4.78 is 51.8. The van der Waals surface area contributed by atoms with E-state index in [1.807, 2.05) is 0 Å². The molecule has 0 aliphatic carbocycles. The summed E-state index contributed by atoms with van der Waals surface area (Å²) in [5.41, 5.74) is -1.94. The first-order valence-corrected chi connectivity index (χ1v) is 7.30. The van der Waals surface area contributed by atoms with Crippen LogP contribution >= 0.6 is 0 Å². The van der Waals surface area contributed by atoms with E-state index in [1.165, 1.54) is 6.07 Å². The van der Waals surface area contributed by atoms with Gasteiger partial charge in [-0.25, -0.2) is 0 Å². The molecule has 0 unspecified atom stereocenters. The van der Waals surface area contributed by atoms with Crippen LogP contribution in [0, 0.1) is 0 Å². The Hall–Kier alpha value is -1.54. The number of fused-ring (bicyclic) bond motifs is 1. The summed E-state index contributed by atoms with van der Waals surface area (Å²) in [5, 5.41) is 2.53.